The van der Waals surface area contributed by atoms with E-state index in [1.54, 1.807) is 0 Å². The van der Waals surface area contributed by atoms with Crippen LogP contribution in [0.1, 0.15) is 23.1 Å². The molecule has 1 fully saturated rings. The Kier molecular flexibility index (Phi) is 6.00. The predicted octanol–water partition coefficient (Wildman–Crippen LogP) is 3.78. The number of nitrogens with zero attached hydrogens (tertiary/aromatic N) is 2. The first-order valence-electron chi connectivity index (χ1n) is 9.11. The van der Waals surface area contributed by atoms with E-state index in [2.05, 4.69) is 70.7 Å². The molecule has 0 radical (unpaired) electrons. The van der Waals surface area contributed by atoms with Crippen LogP contribution >= 0.6 is 12.4 Å². The highest BCUT2D eigenvalue weighted by Crippen LogP contribution is 2.28. The van der Waals surface area contributed by atoms with E-state index >= 15 is 0 Å². The first-order chi connectivity index (χ1) is 11.8. The van der Waals surface area contributed by atoms with Crippen LogP contribution in [0.3, 0.4) is 0 Å². The first kappa shape index (κ1) is 18.2. The number of halogens is 1. The molecule has 25 heavy (non-hydrogen) atoms. The smallest absolute Gasteiger partial charge is 0.0419 e. The van der Waals surface area contributed by atoms with Gasteiger partial charge < -0.3 is 5.32 Å². The molecule has 0 bridgehead atoms. The number of likely N-dealkylation sites (N-methyl/N-ethyl adjacent to an activating group) is 1. The predicted molar refractivity (Wildman–Crippen MR) is 107 cm³/mol. The van der Waals surface area contributed by atoms with E-state index in [-0.39, 0.29) is 12.4 Å². The van der Waals surface area contributed by atoms with Crippen molar-refractivity contribution < 1.29 is 0 Å². The number of hydrogen-bond donors (Lipinski definition) is 1. The summed E-state index contributed by atoms with van der Waals surface area (Å²) in [5.41, 5.74) is 5.75. The van der Waals surface area contributed by atoms with Gasteiger partial charge in [-0.1, -0.05) is 48.5 Å². The maximum Gasteiger partial charge on any atom is 0.0419 e. The maximum absolute atomic E-state index is 3.57. The van der Waals surface area contributed by atoms with Crippen LogP contribution in [0.15, 0.2) is 48.5 Å². The third-order valence-electron chi connectivity index (χ3n) is 5.47. The Morgan fingerprint density at radius 1 is 1.12 bits per heavy atom. The minimum absolute atomic E-state index is 0. The lowest BCUT2D eigenvalue weighted by atomic mass is 10.1. The molecule has 1 N–H and O–H groups in total. The molecule has 2 aromatic rings. The number of anilines is 1. The summed E-state index contributed by atoms with van der Waals surface area (Å²) in [7, 11) is 2.28. The van der Waals surface area contributed by atoms with Crippen molar-refractivity contribution in [3.63, 3.8) is 0 Å². The fourth-order valence-corrected chi connectivity index (χ4v) is 4.10. The second kappa shape index (κ2) is 8.22. The van der Waals surface area contributed by atoms with Crippen LogP contribution in [0.5, 0.6) is 0 Å². The summed E-state index contributed by atoms with van der Waals surface area (Å²) >= 11 is 0. The van der Waals surface area contributed by atoms with E-state index in [1.165, 1.54) is 48.3 Å². The van der Waals surface area contributed by atoms with Crippen LogP contribution in [-0.2, 0) is 19.5 Å². The lowest BCUT2D eigenvalue weighted by Crippen LogP contribution is -2.34. The largest absolute Gasteiger partial charge is 0.384 e. The molecule has 1 saturated heterocycles. The second-order valence-electron chi connectivity index (χ2n) is 7.21. The van der Waals surface area contributed by atoms with Gasteiger partial charge in [0.25, 0.3) is 0 Å². The Morgan fingerprint density at radius 3 is 2.80 bits per heavy atom. The van der Waals surface area contributed by atoms with Crippen molar-refractivity contribution in [3.8, 4) is 0 Å². The number of benzene rings is 2. The Balaban J connectivity index is 0.00000182. The molecular formula is C21H28ClN3. The summed E-state index contributed by atoms with van der Waals surface area (Å²) < 4.78 is 0. The van der Waals surface area contributed by atoms with Crippen LogP contribution in [0.2, 0.25) is 0 Å². The quantitative estimate of drug-likeness (QED) is 0.878. The summed E-state index contributed by atoms with van der Waals surface area (Å²) in [6.07, 6.45) is 2.44. The molecule has 0 aromatic heterocycles. The molecule has 0 spiro atoms. The zero-order valence-electron chi connectivity index (χ0n) is 14.9. The minimum atomic E-state index is 0. The molecule has 4 rings (SSSR count). The molecule has 0 amide bonds. The van der Waals surface area contributed by atoms with Gasteiger partial charge in [-0.05, 0) is 36.6 Å². The third kappa shape index (κ3) is 4.17. The number of nitrogens with one attached hydrogen (secondary N) is 1. The van der Waals surface area contributed by atoms with Crippen molar-refractivity contribution in [2.75, 3.05) is 32.0 Å². The van der Waals surface area contributed by atoms with E-state index in [1.807, 2.05) is 0 Å². The van der Waals surface area contributed by atoms with Crippen LogP contribution < -0.4 is 5.32 Å². The van der Waals surface area contributed by atoms with Crippen LogP contribution in [0.4, 0.5) is 5.69 Å². The molecule has 4 heteroatoms. The minimum Gasteiger partial charge on any atom is -0.384 e. The summed E-state index contributed by atoms with van der Waals surface area (Å²) in [5, 5.41) is 3.57. The normalized spacial score (nSPS) is 19.5. The van der Waals surface area contributed by atoms with Gasteiger partial charge in [-0.15, -0.1) is 12.4 Å². The average Bonchev–Trinajstić information content (AvgIpc) is 3.25. The second-order valence-corrected chi connectivity index (χ2v) is 7.21. The molecule has 134 valence electrons. The topological polar surface area (TPSA) is 18.5 Å². The molecule has 2 aromatic carbocycles. The van der Waals surface area contributed by atoms with Gasteiger partial charge in [0.05, 0.1) is 0 Å². The number of para-hydroxylation sites is 1. The van der Waals surface area contributed by atoms with Crippen molar-refractivity contribution >= 4 is 18.1 Å². The van der Waals surface area contributed by atoms with Gasteiger partial charge in [-0.2, -0.15) is 0 Å². The monoisotopic (exact) mass is 357 g/mol. The van der Waals surface area contributed by atoms with E-state index in [4.69, 9.17) is 0 Å². The van der Waals surface area contributed by atoms with Crippen molar-refractivity contribution in [1.82, 2.24) is 9.80 Å². The Morgan fingerprint density at radius 2 is 1.96 bits per heavy atom. The lowest BCUT2D eigenvalue weighted by molar-refractivity contribution is 0.223. The zero-order valence-corrected chi connectivity index (χ0v) is 15.8. The Hall–Kier alpha value is -1.55. The standard InChI is InChI=1S/C21H27N3.ClH/c1-23(15-19-9-5-8-18-10-12-22-21(18)19)20-11-13-24(16-20)14-17-6-3-2-4-7-17;/h2-9,20,22H,10-16H2,1H3;1H. The Bertz CT molecular complexity index is 689. The van der Waals surface area contributed by atoms with E-state index < -0.39 is 0 Å². The molecule has 2 heterocycles. The van der Waals surface area contributed by atoms with E-state index in [0.29, 0.717) is 6.04 Å². The summed E-state index contributed by atoms with van der Waals surface area (Å²) in [6, 6.07) is 18.2. The molecule has 0 saturated carbocycles. The maximum atomic E-state index is 3.57. The molecule has 0 aliphatic carbocycles. The van der Waals surface area contributed by atoms with Gasteiger partial charge in [0, 0.05) is 44.5 Å². The van der Waals surface area contributed by atoms with Crippen molar-refractivity contribution in [2.24, 2.45) is 0 Å². The fourth-order valence-electron chi connectivity index (χ4n) is 4.10. The van der Waals surface area contributed by atoms with Crippen LogP contribution in [-0.4, -0.2) is 42.5 Å². The SMILES string of the molecule is CN(Cc1cccc2c1NCC2)C1CCN(Cc2ccccc2)C1.Cl. The van der Waals surface area contributed by atoms with Crippen LogP contribution in [0, 0.1) is 0 Å². The summed E-state index contributed by atoms with van der Waals surface area (Å²) in [5.74, 6) is 0. The van der Waals surface area contributed by atoms with Gasteiger partial charge in [0.1, 0.15) is 0 Å². The first-order valence-corrected chi connectivity index (χ1v) is 9.11. The third-order valence-corrected chi connectivity index (χ3v) is 5.47. The number of hydrogen-bond acceptors (Lipinski definition) is 3. The molecule has 1 unspecified atom stereocenters. The average molecular weight is 358 g/mol. The summed E-state index contributed by atoms with van der Waals surface area (Å²) in [6.45, 7) is 5.58. The zero-order chi connectivity index (χ0) is 16.4. The van der Waals surface area contributed by atoms with Gasteiger partial charge in [0.2, 0.25) is 0 Å². The van der Waals surface area contributed by atoms with Crippen molar-refractivity contribution in [2.45, 2.75) is 32.0 Å². The Labute approximate surface area is 157 Å². The molecule has 1 atom stereocenters. The number of rotatable bonds is 5. The molecular weight excluding hydrogens is 330 g/mol. The molecule has 2 aliphatic rings. The molecule has 2 aliphatic heterocycles. The summed E-state index contributed by atoms with van der Waals surface area (Å²) in [4.78, 5) is 5.13. The van der Waals surface area contributed by atoms with Crippen molar-refractivity contribution in [3.05, 3.63) is 65.2 Å². The number of fused-ring (bicyclic) bond motifs is 1. The van der Waals surface area contributed by atoms with Gasteiger partial charge in [-0.25, -0.2) is 0 Å². The van der Waals surface area contributed by atoms with E-state index in [9.17, 15) is 0 Å². The van der Waals surface area contributed by atoms with Crippen LogP contribution in [0.25, 0.3) is 0 Å². The van der Waals surface area contributed by atoms with Gasteiger partial charge in [-0.3, -0.25) is 9.80 Å². The highest BCUT2D eigenvalue weighted by atomic mass is 35.5. The molecule has 3 nitrogen and oxygen atoms in total. The van der Waals surface area contributed by atoms with Gasteiger partial charge >= 0.3 is 0 Å². The fraction of sp³-hybridized carbons (Fsp3) is 0.429. The van der Waals surface area contributed by atoms with Gasteiger partial charge in [0.15, 0.2) is 0 Å². The number of likely N-dealkylation sites (tertiary alicyclic amines) is 1. The van der Waals surface area contributed by atoms with E-state index in [0.717, 1.165) is 19.6 Å². The highest BCUT2D eigenvalue weighted by molar-refractivity contribution is 5.85. The highest BCUT2D eigenvalue weighted by Gasteiger charge is 2.26. The van der Waals surface area contributed by atoms with Crippen molar-refractivity contribution in [1.29, 1.82) is 0 Å². The lowest BCUT2D eigenvalue weighted by Gasteiger charge is -2.26.